The second-order valence-electron chi connectivity index (χ2n) is 20.7. The third-order valence-electron chi connectivity index (χ3n) is 18.6. The summed E-state index contributed by atoms with van der Waals surface area (Å²) in [6, 6.07) is 0. The van der Waals surface area contributed by atoms with E-state index in [1.54, 1.807) is 5.56 Å². The van der Waals surface area contributed by atoms with Crippen LogP contribution in [-0.2, 0) is 0 Å². The second-order valence-corrected chi connectivity index (χ2v) is 20.7. The molecule has 6 aromatic rings. The summed E-state index contributed by atoms with van der Waals surface area (Å²) in [5.74, 6) is 0.509. The van der Waals surface area contributed by atoms with Crippen LogP contribution >= 0.6 is 0 Å². The zero-order valence-corrected chi connectivity index (χ0v) is 43.2. The van der Waals surface area contributed by atoms with Crippen molar-refractivity contribution >= 4 is 330 Å². The van der Waals surface area contributed by atoms with Gasteiger partial charge < -0.3 is 0 Å². The number of hydrogen-bond donors (Lipinski definition) is 0. The summed E-state index contributed by atoms with van der Waals surface area (Å²) in [4.78, 5) is 0. The Morgan fingerprint density at radius 1 is 0.226 bits per heavy atom. The fourth-order valence-corrected chi connectivity index (χ4v) is 13.3. The maximum atomic E-state index is 2.49. The highest BCUT2D eigenvalue weighted by atomic mass is 14.4. The van der Waals surface area contributed by atoms with Gasteiger partial charge in [0.2, 0.25) is 0 Å². The van der Waals surface area contributed by atoms with Crippen LogP contribution in [0.4, 0.5) is 0 Å². The summed E-state index contributed by atoms with van der Waals surface area (Å²) >= 11 is 0. The van der Waals surface area contributed by atoms with Gasteiger partial charge in [0, 0.05) is 5.92 Å². The SMILES string of the molecule is BC1=C(B)C(c2c3c(B)c(B)c(B)c(B)c3c(-c3c(B)c(B)c(B)c4c3C(B)C(B)=C4B)c3c(B)c(B)c(B)c(B)c23)C(B)=C1c1c(B)c(B)c2c(B)c(B)c(B)c(B)c2c1B. The van der Waals surface area contributed by atoms with Crippen molar-refractivity contribution in [1.82, 2.24) is 0 Å². The highest BCUT2D eigenvalue weighted by molar-refractivity contribution is 6.74. The quantitative estimate of drug-likeness (QED) is 0.124. The van der Waals surface area contributed by atoms with E-state index in [0.29, 0.717) is 5.82 Å². The molecule has 2 atom stereocenters. The van der Waals surface area contributed by atoms with Crippen LogP contribution in [0.15, 0.2) is 21.9 Å². The van der Waals surface area contributed by atoms with E-state index in [-0.39, 0.29) is 5.92 Å². The molecule has 0 nitrogen and oxygen atoms in total. The number of hydrogen-bond acceptors (Lipinski definition) is 0. The molecule has 0 aromatic heterocycles. The average molecular weight is 766 g/mol. The van der Waals surface area contributed by atoms with Crippen LogP contribution in [-0.4, -0.2) is 188 Å². The van der Waals surface area contributed by atoms with Gasteiger partial charge in [-0.2, -0.15) is 0 Å². The minimum atomic E-state index is 0.151. The lowest BCUT2D eigenvalue weighted by Crippen LogP contribution is -2.52. The summed E-state index contributed by atoms with van der Waals surface area (Å²) in [6.45, 7) is 0. The zero-order chi connectivity index (χ0) is 45.9. The number of allylic oxidation sites excluding steroid dienone is 5. The Morgan fingerprint density at radius 3 is 1.02 bits per heavy atom. The van der Waals surface area contributed by atoms with Gasteiger partial charge in [-0.1, -0.05) is 76.5 Å². The average Bonchev–Trinajstić information content (AvgIpc) is 3.59. The third-order valence-corrected chi connectivity index (χ3v) is 18.6. The molecule has 2 unspecified atom stereocenters. The normalized spacial score (nSPS) is 16.5. The number of benzene rings is 6. The van der Waals surface area contributed by atoms with Gasteiger partial charge in [-0.25, -0.2) is 0 Å². The molecule has 6 aromatic carbocycles. The van der Waals surface area contributed by atoms with Crippen LogP contribution in [0.25, 0.3) is 54.5 Å². The third kappa shape index (κ3) is 5.68. The first kappa shape index (κ1) is 45.4. The first-order chi connectivity index (χ1) is 28.9. The predicted octanol–water partition coefficient (Wildman–Crippen LogP) is -27.3. The van der Waals surface area contributed by atoms with Gasteiger partial charge in [0.25, 0.3) is 0 Å². The highest BCUT2D eigenvalue weighted by Crippen LogP contribution is 2.50. The van der Waals surface area contributed by atoms with E-state index in [0.717, 1.165) is 0 Å². The highest BCUT2D eigenvalue weighted by Gasteiger charge is 2.37. The van der Waals surface area contributed by atoms with Crippen molar-refractivity contribution < 1.29 is 0 Å². The van der Waals surface area contributed by atoms with Crippen LogP contribution in [0, 0.1) is 0 Å². The Hall–Kier alpha value is -3.12. The van der Waals surface area contributed by atoms with Crippen molar-refractivity contribution in [3.05, 3.63) is 44.1 Å². The van der Waals surface area contributed by atoms with Crippen molar-refractivity contribution in [2.75, 3.05) is 0 Å². The maximum absolute atomic E-state index is 2.49. The molecule has 24 heteroatoms. The largest absolute Gasteiger partial charge is 0.140 e. The summed E-state index contributed by atoms with van der Waals surface area (Å²) in [7, 11) is 57.7. The molecular formula is C38H50B24. The van der Waals surface area contributed by atoms with E-state index >= 15 is 0 Å². The Bertz CT molecular complexity index is 3200. The molecule has 0 aliphatic heterocycles. The van der Waals surface area contributed by atoms with E-state index in [1.165, 1.54) is 191 Å². The fourth-order valence-electron chi connectivity index (χ4n) is 13.3. The van der Waals surface area contributed by atoms with Crippen LogP contribution in [0.5, 0.6) is 0 Å². The summed E-state index contributed by atoms with van der Waals surface area (Å²) < 4.78 is 0. The molecule has 274 valence electrons. The Balaban J connectivity index is 1.64. The van der Waals surface area contributed by atoms with Gasteiger partial charge in [0.1, 0.15) is 188 Å². The predicted molar refractivity (Wildman–Crippen MR) is 356 cm³/mol. The molecule has 0 fully saturated rings. The first-order valence-corrected chi connectivity index (χ1v) is 23.5. The second kappa shape index (κ2) is 15.2. The minimum absolute atomic E-state index is 0.151. The monoisotopic (exact) mass is 771 g/mol. The van der Waals surface area contributed by atoms with Gasteiger partial charge in [-0.05, 0) is 77.1 Å². The molecule has 0 heterocycles. The molecular weight excluding hydrogens is 716 g/mol. The zero-order valence-electron chi connectivity index (χ0n) is 43.2. The standard InChI is InChI=1S/C38H50B24/c39-15-9(23(47)24(48)11(15)12-16(40)13-14(26(50)25(12)49)30(54)38(62)37(61)29(13)53)2-6-3(18(42)33(57)35(59)20(6)44)1(4-7(2)21(45)36(60)34(58)19(4)43)5-8-10(27(51)31(55)17(5)41)28(52)32(56)22(8)46/h9,22H,39-62H2. The van der Waals surface area contributed by atoms with Crippen molar-refractivity contribution in [3.8, 4) is 11.1 Å². The van der Waals surface area contributed by atoms with E-state index in [1.807, 2.05) is 0 Å². The van der Waals surface area contributed by atoms with Crippen molar-refractivity contribution in [3.63, 3.8) is 0 Å². The van der Waals surface area contributed by atoms with Gasteiger partial charge in [0.15, 0.2) is 0 Å². The smallest absolute Gasteiger partial charge is 0.116 e. The Kier molecular flexibility index (Phi) is 11.2. The van der Waals surface area contributed by atoms with E-state index in [2.05, 4.69) is 188 Å². The topological polar surface area (TPSA) is 0 Å². The molecule has 8 rings (SSSR count). The van der Waals surface area contributed by atoms with Gasteiger partial charge in [0.05, 0.1) is 0 Å². The lowest BCUT2D eigenvalue weighted by molar-refractivity contribution is 1.09. The van der Waals surface area contributed by atoms with Crippen molar-refractivity contribution in [2.24, 2.45) is 0 Å². The molecule has 0 amide bonds. The van der Waals surface area contributed by atoms with E-state index < -0.39 is 0 Å². The molecule has 0 N–H and O–H groups in total. The summed E-state index contributed by atoms with van der Waals surface area (Å²) in [5, 5.41) is 8.82. The van der Waals surface area contributed by atoms with Crippen LogP contribution in [0.2, 0.25) is 0 Å². The van der Waals surface area contributed by atoms with E-state index in [9.17, 15) is 0 Å². The molecule has 0 saturated carbocycles. The van der Waals surface area contributed by atoms with Crippen LogP contribution < -0.4 is 98.3 Å². The van der Waals surface area contributed by atoms with Gasteiger partial charge in [-0.3, -0.25) is 0 Å². The summed E-state index contributed by atoms with van der Waals surface area (Å²) in [6.07, 6.45) is 0. The van der Waals surface area contributed by atoms with Crippen molar-refractivity contribution in [2.45, 2.75) is 11.7 Å². The van der Waals surface area contributed by atoms with Gasteiger partial charge >= 0.3 is 0 Å². The summed E-state index contributed by atoms with van der Waals surface area (Å²) in [5.41, 5.74) is 43.7. The number of rotatable bonds is 3. The molecule has 0 spiro atoms. The van der Waals surface area contributed by atoms with Crippen molar-refractivity contribution in [1.29, 1.82) is 0 Å². The lowest BCUT2D eigenvalue weighted by Gasteiger charge is -2.33. The molecule has 2 aliphatic rings. The molecule has 0 radical (unpaired) electrons. The molecule has 62 heavy (non-hydrogen) atoms. The molecule has 2 aliphatic carbocycles. The minimum Gasteiger partial charge on any atom is -0.116 e. The lowest BCUT2D eigenvalue weighted by atomic mass is 9.56. The van der Waals surface area contributed by atoms with Crippen LogP contribution in [0.1, 0.15) is 34.0 Å². The molecule has 0 saturated heterocycles. The maximum Gasteiger partial charge on any atom is 0.140 e. The Morgan fingerprint density at radius 2 is 0.565 bits per heavy atom. The fraction of sp³-hybridized carbons (Fsp3) is 0.0526. The number of fused-ring (bicyclic) bond motifs is 4. The Labute approximate surface area is 394 Å². The van der Waals surface area contributed by atoms with Gasteiger partial charge in [-0.15, -0.1) is 49.2 Å². The van der Waals surface area contributed by atoms with E-state index in [4.69, 9.17) is 0 Å². The molecule has 0 bridgehead atoms. The van der Waals surface area contributed by atoms with Crippen LogP contribution in [0.3, 0.4) is 0 Å². The first-order valence-electron chi connectivity index (χ1n) is 23.5.